The summed E-state index contributed by atoms with van der Waals surface area (Å²) in [5.74, 6) is -1.41. The second-order valence-electron chi connectivity index (χ2n) is 4.11. The zero-order valence-electron chi connectivity index (χ0n) is 9.39. The number of hydrogen-bond donors (Lipinski definition) is 1. The zero-order valence-corrected chi connectivity index (χ0v) is 9.39. The molecular weight excluding hydrogens is 220 g/mol. The first-order valence-electron chi connectivity index (χ1n) is 5.66. The van der Waals surface area contributed by atoms with Gasteiger partial charge in [-0.15, -0.1) is 0 Å². The Labute approximate surface area is 99.2 Å². The maximum atomic E-state index is 11.4. The summed E-state index contributed by atoms with van der Waals surface area (Å²) in [6.07, 6.45) is 1.26. The molecule has 1 aliphatic rings. The highest BCUT2D eigenvalue weighted by molar-refractivity contribution is 5.76. The minimum atomic E-state index is -0.978. The largest absolute Gasteiger partial charge is 0.481 e. The van der Waals surface area contributed by atoms with E-state index in [0.29, 0.717) is 0 Å². The first kappa shape index (κ1) is 11.6. The van der Waals surface area contributed by atoms with E-state index in [1.165, 1.54) is 5.56 Å². The van der Waals surface area contributed by atoms with Gasteiger partial charge in [0, 0.05) is 0 Å². The van der Waals surface area contributed by atoms with E-state index >= 15 is 0 Å². The average molecular weight is 234 g/mol. The monoisotopic (exact) mass is 234 g/mol. The number of carboxylic acids is 1. The van der Waals surface area contributed by atoms with E-state index in [2.05, 4.69) is 0 Å². The van der Waals surface area contributed by atoms with Crippen LogP contribution in [0.3, 0.4) is 0 Å². The summed E-state index contributed by atoms with van der Waals surface area (Å²) < 4.78 is 5.29. The highest BCUT2D eigenvalue weighted by Gasteiger charge is 2.25. The van der Waals surface area contributed by atoms with Crippen molar-refractivity contribution in [2.24, 2.45) is 0 Å². The van der Waals surface area contributed by atoms with Crippen LogP contribution in [0.2, 0.25) is 0 Å². The normalized spacial score (nSPS) is 17.5. The number of carbonyl (C=O) groups excluding carboxylic acids is 1. The fraction of sp³-hybridized carbons (Fsp3) is 0.385. The van der Waals surface area contributed by atoms with Crippen LogP contribution in [0.5, 0.6) is 0 Å². The number of rotatable bonds is 4. The van der Waals surface area contributed by atoms with E-state index in [1.807, 2.05) is 24.3 Å². The van der Waals surface area contributed by atoms with Gasteiger partial charge in [0.15, 0.2) is 0 Å². The number of aliphatic carboxylic acids is 1. The molecule has 4 heteroatoms. The Morgan fingerprint density at radius 3 is 2.82 bits per heavy atom. The molecular formula is C13H14O4. The predicted octanol–water partition coefficient (Wildman–Crippen LogP) is 2.08. The van der Waals surface area contributed by atoms with Gasteiger partial charge < -0.3 is 9.84 Å². The summed E-state index contributed by atoms with van der Waals surface area (Å²) >= 11 is 0. The van der Waals surface area contributed by atoms with Crippen molar-refractivity contribution in [1.82, 2.24) is 0 Å². The lowest BCUT2D eigenvalue weighted by Gasteiger charge is -2.12. The smallest absolute Gasteiger partial charge is 0.306 e. The molecule has 1 aliphatic carbocycles. The molecule has 0 amide bonds. The highest BCUT2D eigenvalue weighted by atomic mass is 16.5. The molecule has 0 saturated heterocycles. The minimum absolute atomic E-state index is 0.0615. The Bertz CT molecular complexity index is 439. The van der Waals surface area contributed by atoms with Gasteiger partial charge in [-0.05, 0) is 24.0 Å². The van der Waals surface area contributed by atoms with E-state index in [0.717, 1.165) is 18.4 Å². The third-order valence-electron chi connectivity index (χ3n) is 2.89. The van der Waals surface area contributed by atoms with Crippen LogP contribution in [0.1, 0.15) is 36.5 Å². The number of esters is 1. The molecule has 0 heterocycles. The lowest BCUT2D eigenvalue weighted by Crippen LogP contribution is -2.10. The van der Waals surface area contributed by atoms with Gasteiger partial charge in [0.1, 0.15) is 6.10 Å². The Hall–Kier alpha value is -1.84. The van der Waals surface area contributed by atoms with Crippen LogP contribution < -0.4 is 0 Å². The fourth-order valence-electron chi connectivity index (χ4n) is 2.07. The van der Waals surface area contributed by atoms with Crippen LogP contribution in [-0.2, 0) is 20.7 Å². The van der Waals surface area contributed by atoms with Crippen molar-refractivity contribution in [3.8, 4) is 0 Å². The highest BCUT2D eigenvalue weighted by Crippen LogP contribution is 2.33. The summed E-state index contributed by atoms with van der Waals surface area (Å²) in [6.45, 7) is 0. The van der Waals surface area contributed by atoms with Gasteiger partial charge in [0.25, 0.3) is 0 Å². The van der Waals surface area contributed by atoms with Gasteiger partial charge in [0.2, 0.25) is 0 Å². The summed E-state index contributed by atoms with van der Waals surface area (Å²) in [4.78, 5) is 21.8. The van der Waals surface area contributed by atoms with Crippen LogP contribution in [0.4, 0.5) is 0 Å². The third kappa shape index (κ3) is 2.84. The Morgan fingerprint density at radius 2 is 2.06 bits per heavy atom. The number of benzene rings is 1. The molecule has 0 saturated carbocycles. The van der Waals surface area contributed by atoms with Crippen LogP contribution in [0.25, 0.3) is 0 Å². The van der Waals surface area contributed by atoms with Crippen molar-refractivity contribution in [3.63, 3.8) is 0 Å². The Morgan fingerprint density at radius 1 is 1.29 bits per heavy atom. The molecule has 4 nitrogen and oxygen atoms in total. The summed E-state index contributed by atoms with van der Waals surface area (Å²) in [5.41, 5.74) is 2.26. The predicted molar refractivity (Wildman–Crippen MR) is 60.5 cm³/mol. The van der Waals surface area contributed by atoms with Crippen molar-refractivity contribution in [2.75, 3.05) is 0 Å². The molecule has 0 unspecified atom stereocenters. The molecule has 90 valence electrons. The first-order chi connectivity index (χ1) is 8.16. The molecule has 17 heavy (non-hydrogen) atoms. The lowest BCUT2D eigenvalue weighted by atomic mass is 10.1. The van der Waals surface area contributed by atoms with Crippen molar-refractivity contribution >= 4 is 11.9 Å². The van der Waals surface area contributed by atoms with Crippen LogP contribution >= 0.6 is 0 Å². The molecule has 0 radical (unpaired) electrons. The maximum absolute atomic E-state index is 11.4. The molecule has 0 aliphatic heterocycles. The van der Waals surface area contributed by atoms with E-state index in [-0.39, 0.29) is 18.9 Å². The van der Waals surface area contributed by atoms with Crippen molar-refractivity contribution < 1.29 is 19.4 Å². The molecule has 1 aromatic carbocycles. The number of ether oxygens (including phenoxy) is 1. The van der Waals surface area contributed by atoms with E-state index < -0.39 is 11.9 Å². The van der Waals surface area contributed by atoms with Crippen molar-refractivity contribution in [3.05, 3.63) is 35.4 Å². The summed E-state index contributed by atoms with van der Waals surface area (Å²) in [5, 5.41) is 8.47. The van der Waals surface area contributed by atoms with Crippen LogP contribution in [0, 0.1) is 0 Å². The Kier molecular flexibility index (Phi) is 3.42. The van der Waals surface area contributed by atoms with E-state index in [1.54, 1.807) is 0 Å². The quantitative estimate of drug-likeness (QED) is 0.810. The molecule has 0 aromatic heterocycles. The lowest BCUT2D eigenvalue weighted by molar-refractivity contribution is -0.152. The second-order valence-corrected chi connectivity index (χ2v) is 4.11. The fourth-order valence-corrected chi connectivity index (χ4v) is 2.07. The molecule has 0 fully saturated rings. The zero-order chi connectivity index (χ0) is 12.3. The SMILES string of the molecule is O=C(O)CCC(=O)O[C@@H]1CCc2ccccc21. The molecule has 0 spiro atoms. The van der Waals surface area contributed by atoms with E-state index in [9.17, 15) is 9.59 Å². The Balaban J connectivity index is 1.93. The second kappa shape index (κ2) is 4.99. The molecule has 1 aromatic rings. The number of carboxylic acid groups (broad SMARTS) is 1. The van der Waals surface area contributed by atoms with Crippen molar-refractivity contribution in [2.45, 2.75) is 31.8 Å². The van der Waals surface area contributed by atoms with Gasteiger partial charge in [-0.3, -0.25) is 9.59 Å². The van der Waals surface area contributed by atoms with Gasteiger partial charge >= 0.3 is 11.9 Å². The summed E-state index contributed by atoms with van der Waals surface area (Å²) in [6, 6.07) is 7.87. The first-order valence-corrected chi connectivity index (χ1v) is 5.66. The molecule has 1 N–H and O–H groups in total. The number of hydrogen-bond acceptors (Lipinski definition) is 3. The minimum Gasteiger partial charge on any atom is -0.481 e. The van der Waals surface area contributed by atoms with Gasteiger partial charge in [0.05, 0.1) is 12.8 Å². The van der Waals surface area contributed by atoms with Crippen molar-refractivity contribution in [1.29, 1.82) is 0 Å². The van der Waals surface area contributed by atoms with E-state index in [4.69, 9.17) is 9.84 Å². The van der Waals surface area contributed by atoms with Gasteiger partial charge in [-0.2, -0.15) is 0 Å². The standard InChI is InChI=1S/C13H14O4/c14-12(15)7-8-13(16)17-11-6-5-9-3-1-2-4-10(9)11/h1-4,11H,5-8H2,(H,14,15)/t11-/m1/s1. The van der Waals surface area contributed by atoms with Crippen LogP contribution in [0.15, 0.2) is 24.3 Å². The number of carbonyl (C=O) groups is 2. The van der Waals surface area contributed by atoms with Gasteiger partial charge in [-0.25, -0.2) is 0 Å². The summed E-state index contributed by atoms with van der Waals surface area (Å²) in [7, 11) is 0. The topological polar surface area (TPSA) is 63.6 Å². The average Bonchev–Trinajstić information content (AvgIpc) is 2.70. The molecule has 0 bridgehead atoms. The maximum Gasteiger partial charge on any atom is 0.306 e. The third-order valence-corrected chi connectivity index (χ3v) is 2.89. The molecule has 1 atom stereocenters. The number of aryl methyl sites for hydroxylation is 1. The van der Waals surface area contributed by atoms with Gasteiger partial charge in [-0.1, -0.05) is 24.3 Å². The number of fused-ring (bicyclic) bond motifs is 1. The molecule has 2 rings (SSSR count). The van der Waals surface area contributed by atoms with Crippen LogP contribution in [-0.4, -0.2) is 17.0 Å².